The molecule has 0 aliphatic carbocycles. The number of halogens is 2. The molecule has 0 saturated carbocycles. The molecule has 0 amide bonds. The van der Waals surface area contributed by atoms with Crippen molar-refractivity contribution >= 4 is 43.1 Å². The predicted octanol–water partition coefficient (Wildman–Crippen LogP) is 2.09. The molecule has 0 atom stereocenters. The number of anilines is 1. The van der Waals surface area contributed by atoms with E-state index in [-0.39, 0.29) is 9.92 Å². The monoisotopic (exact) mass is 283 g/mol. The Hall–Kier alpha value is -0.260. The summed E-state index contributed by atoms with van der Waals surface area (Å²) in [6.45, 7) is 0. The van der Waals surface area contributed by atoms with Gasteiger partial charge in [0.1, 0.15) is 0 Å². The van der Waals surface area contributed by atoms with Crippen LogP contribution < -0.4 is 5.73 Å². The van der Waals surface area contributed by atoms with Gasteiger partial charge in [0, 0.05) is 16.4 Å². The van der Waals surface area contributed by atoms with E-state index in [2.05, 4.69) is 15.9 Å². The SMILES string of the molecule is CS(=O)(=O)c1cc(N)c(Br)cc1Cl. The molecule has 1 aromatic rings. The third kappa shape index (κ3) is 2.36. The molecular formula is C7H7BrClNO2S. The van der Waals surface area contributed by atoms with Gasteiger partial charge in [0.05, 0.1) is 9.92 Å². The van der Waals surface area contributed by atoms with E-state index in [4.69, 9.17) is 17.3 Å². The van der Waals surface area contributed by atoms with Crippen LogP contribution in [-0.2, 0) is 9.84 Å². The van der Waals surface area contributed by atoms with Crippen molar-refractivity contribution in [3.63, 3.8) is 0 Å². The van der Waals surface area contributed by atoms with Crippen molar-refractivity contribution in [1.29, 1.82) is 0 Å². The minimum atomic E-state index is -3.31. The van der Waals surface area contributed by atoms with Gasteiger partial charge in [-0.15, -0.1) is 0 Å². The minimum Gasteiger partial charge on any atom is -0.398 e. The fourth-order valence-electron chi connectivity index (χ4n) is 0.829. The molecule has 1 rings (SSSR count). The lowest BCUT2D eigenvalue weighted by molar-refractivity contribution is 0.602. The van der Waals surface area contributed by atoms with Gasteiger partial charge in [0.25, 0.3) is 0 Å². The average molecular weight is 285 g/mol. The van der Waals surface area contributed by atoms with Crippen molar-refractivity contribution in [3.8, 4) is 0 Å². The normalized spacial score (nSPS) is 11.6. The lowest BCUT2D eigenvalue weighted by Gasteiger charge is -2.04. The molecule has 6 heteroatoms. The van der Waals surface area contributed by atoms with Crippen molar-refractivity contribution in [2.24, 2.45) is 0 Å². The fraction of sp³-hybridized carbons (Fsp3) is 0.143. The Morgan fingerprint density at radius 1 is 1.46 bits per heavy atom. The van der Waals surface area contributed by atoms with E-state index in [1.54, 1.807) is 0 Å². The summed E-state index contributed by atoms with van der Waals surface area (Å²) in [6, 6.07) is 2.80. The Labute approximate surface area is 89.9 Å². The Bertz CT molecular complexity index is 444. The summed E-state index contributed by atoms with van der Waals surface area (Å²) >= 11 is 8.86. The molecule has 72 valence electrons. The topological polar surface area (TPSA) is 60.2 Å². The van der Waals surface area contributed by atoms with Crippen LogP contribution in [-0.4, -0.2) is 14.7 Å². The van der Waals surface area contributed by atoms with Crippen LogP contribution in [0.15, 0.2) is 21.5 Å². The zero-order valence-corrected chi connectivity index (χ0v) is 9.87. The lowest BCUT2D eigenvalue weighted by atomic mass is 10.3. The molecule has 0 aromatic heterocycles. The Kier molecular flexibility index (Phi) is 2.89. The van der Waals surface area contributed by atoms with Gasteiger partial charge in [-0.1, -0.05) is 11.6 Å². The summed E-state index contributed by atoms with van der Waals surface area (Å²) in [4.78, 5) is 0.0508. The number of nitrogens with two attached hydrogens (primary N) is 1. The van der Waals surface area contributed by atoms with E-state index in [0.29, 0.717) is 10.2 Å². The van der Waals surface area contributed by atoms with Crippen LogP contribution >= 0.6 is 27.5 Å². The van der Waals surface area contributed by atoms with Gasteiger partial charge in [-0.25, -0.2) is 8.42 Å². The molecule has 0 spiro atoms. The van der Waals surface area contributed by atoms with E-state index in [1.165, 1.54) is 12.1 Å². The molecule has 0 fully saturated rings. The largest absolute Gasteiger partial charge is 0.398 e. The lowest BCUT2D eigenvalue weighted by Crippen LogP contribution is -2.00. The third-order valence-corrected chi connectivity index (χ3v) is 3.70. The van der Waals surface area contributed by atoms with Gasteiger partial charge < -0.3 is 5.73 Å². The Morgan fingerprint density at radius 3 is 2.46 bits per heavy atom. The number of nitrogen functional groups attached to an aromatic ring is 1. The second-order valence-electron chi connectivity index (χ2n) is 2.58. The van der Waals surface area contributed by atoms with E-state index in [9.17, 15) is 8.42 Å². The van der Waals surface area contributed by atoms with Gasteiger partial charge in [-0.2, -0.15) is 0 Å². The van der Waals surface area contributed by atoms with E-state index < -0.39 is 9.84 Å². The van der Waals surface area contributed by atoms with Crippen LogP contribution in [0.3, 0.4) is 0 Å². The van der Waals surface area contributed by atoms with Crippen LogP contribution in [0.4, 0.5) is 5.69 Å². The highest BCUT2D eigenvalue weighted by Gasteiger charge is 2.13. The molecule has 0 unspecified atom stereocenters. The van der Waals surface area contributed by atoms with Crippen LogP contribution in [0.1, 0.15) is 0 Å². The maximum Gasteiger partial charge on any atom is 0.177 e. The fourth-order valence-corrected chi connectivity index (χ4v) is 2.64. The number of hydrogen-bond acceptors (Lipinski definition) is 3. The van der Waals surface area contributed by atoms with Gasteiger partial charge in [0.15, 0.2) is 9.84 Å². The van der Waals surface area contributed by atoms with Crippen LogP contribution in [0.25, 0.3) is 0 Å². The maximum absolute atomic E-state index is 11.2. The molecule has 1 aromatic carbocycles. The highest BCUT2D eigenvalue weighted by Crippen LogP contribution is 2.30. The second kappa shape index (κ2) is 3.48. The van der Waals surface area contributed by atoms with Crippen LogP contribution in [0.5, 0.6) is 0 Å². The zero-order valence-electron chi connectivity index (χ0n) is 6.71. The standard InChI is InChI=1S/C7H7BrClNO2S/c1-13(11,12)7-3-6(10)4(8)2-5(7)9/h2-3H,10H2,1H3. The first-order chi connectivity index (χ1) is 5.82. The number of sulfone groups is 1. The second-order valence-corrected chi connectivity index (χ2v) is 5.82. The molecule has 0 aliphatic heterocycles. The molecule has 3 nitrogen and oxygen atoms in total. The van der Waals surface area contributed by atoms with Gasteiger partial charge in [0.2, 0.25) is 0 Å². The molecule has 0 heterocycles. The number of benzene rings is 1. The summed E-state index contributed by atoms with van der Waals surface area (Å²) in [5.41, 5.74) is 5.87. The van der Waals surface area contributed by atoms with Gasteiger partial charge >= 0.3 is 0 Å². The quantitative estimate of drug-likeness (QED) is 0.803. The van der Waals surface area contributed by atoms with E-state index in [1.807, 2.05) is 0 Å². The molecule has 0 radical (unpaired) electrons. The zero-order chi connectivity index (χ0) is 10.2. The molecule has 2 N–H and O–H groups in total. The highest BCUT2D eigenvalue weighted by atomic mass is 79.9. The summed E-state index contributed by atoms with van der Waals surface area (Å²) in [7, 11) is -3.31. The van der Waals surface area contributed by atoms with Crippen molar-refractivity contribution in [2.75, 3.05) is 12.0 Å². The summed E-state index contributed by atoms with van der Waals surface area (Å²) in [6.07, 6.45) is 1.08. The smallest absolute Gasteiger partial charge is 0.177 e. The third-order valence-electron chi connectivity index (χ3n) is 1.45. The maximum atomic E-state index is 11.2. The Morgan fingerprint density at radius 2 is 2.00 bits per heavy atom. The molecule has 0 aliphatic rings. The highest BCUT2D eigenvalue weighted by molar-refractivity contribution is 9.10. The molecule has 0 saturated heterocycles. The van der Waals surface area contributed by atoms with Crippen LogP contribution in [0, 0.1) is 0 Å². The van der Waals surface area contributed by atoms with Crippen molar-refractivity contribution in [3.05, 3.63) is 21.6 Å². The summed E-state index contributed by atoms with van der Waals surface area (Å²) in [5.74, 6) is 0. The van der Waals surface area contributed by atoms with Crippen LogP contribution in [0.2, 0.25) is 5.02 Å². The van der Waals surface area contributed by atoms with E-state index >= 15 is 0 Å². The van der Waals surface area contributed by atoms with Gasteiger partial charge in [-0.05, 0) is 28.1 Å². The summed E-state index contributed by atoms with van der Waals surface area (Å²) in [5, 5.41) is 0.170. The summed E-state index contributed by atoms with van der Waals surface area (Å²) < 4.78 is 22.9. The first kappa shape index (κ1) is 10.8. The first-order valence-electron chi connectivity index (χ1n) is 3.27. The average Bonchev–Trinajstić information content (AvgIpc) is 1.94. The Balaban J connectivity index is 3.50. The number of hydrogen-bond donors (Lipinski definition) is 1. The minimum absolute atomic E-state index is 0.0508. The molecule has 0 bridgehead atoms. The first-order valence-corrected chi connectivity index (χ1v) is 6.33. The van der Waals surface area contributed by atoms with Crippen molar-refractivity contribution in [1.82, 2.24) is 0 Å². The number of rotatable bonds is 1. The molecular weight excluding hydrogens is 278 g/mol. The van der Waals surface area contributed by atoms with Crippen molar-refractivity contribution < 1.29 is 8.42 Å². The van der Waals surface area contributed by atoms with Gasteiger partial charge in [-0.3, -0.25) is 0 Å². The van der Waals surface area contributed by atoms with Crippen molar-refractivity contribution in [2.45, 2.75) is 4.90 Å². The predicted molar refractivity (Wildman–Crippen MR) is 56.7 cm³/mol. The molecule has 13 heavy (non-hydrogen) atoms. The van der Waals surface area contributed by atoms with E-state index in [0.717, 1.165) is 6.26 Å².